The number of anilines is 1. The fourth-order valence-corrected chi connectivity index (χ4v) is 3.34. The van der Waals surface area contributed by atoms with E-state index in [0.29, 0.717) is 32.2 Å². The van der Waals surface area contributed by atoms with E-state index in [2.05, 4.69) is 34.7 Å². The third-order valence-corrected chi connectivity index (χ3v) is 4.85. The van der Waals surface area contributed by atoms with Crippen molar-refractivity contribution in [3.05, 3.63) is 53.6 Å². The van der Waals surface area contributed by atoms with Crippen LogP contribution < -0.4 is 25.0 Å². The zero-order valence-corrected chi connectivity index (χ0v) is 20.6. The Morgan fingerprint density at radius 2 is 2.03 bits per heavy atom. The summed E-state index contributed by atoms with van der Waals surface area (Å²) in [5.41, 5.74) is 3.09. The van der Waals surface area contributed by atoms with Crippen molar-refractivity contribution in [3.8, 4) is 11.5 Å². The van der Waals surface area contributed by atoms with Crippen LogP contribution in [0.1, 0.15) is 24.5 Å². The summed E-state index contributed by atoms with van der Waals surface area (Å²) in [6, 6.07) is 13.8. The van der Waals surface area contributed by atoms with Gasteiger partial charge in [-0.3, -0.25) is 9.79 Å². The molecule has 0 bridgehead atoms. The highest BCUT2D eigenvalue weighted by Crippen LogP contribution is 2.31. The molecular weight excluding hydrogens is 507 g/mol. The normalized spacial score (nSPS) is 13.1. The van der Waals surface area contributed by atoms with E-state index in [4.69, 9.17) is 9.47 Å². The number of hydrogen-bond acceptors (Lipinski definition) is 4. The third-order valence-electron chi connectivity index (χ3n) is 4.85. The second kappa shape index (κ2) is 12.4. The van der Waals surface area contributed by atoms with Gasteiger partial charge in [-0.1, -0.05) is 24.3 Å². The van der Waals surface area contributed by atoms with E-state index in [9.17, 15) is 4.79 Å². The lowest BCUT2D eigenvalue weighted by molar-refractivity contribution is -0.121. The first kappa shape index (κ1) is 24.8. The summed E-state index contributed by atoms with van der Waals surface area (Å²) in [6.45, 7) is 6.69. The number of carbonyl (C=O) groups excluding carboxylic acids is 1. The number of carbonyl (C=O) groups is 1. The van der Waals surface area contributed by atoms with Crippen LogP contribution in [0.4, 0.5) is 5.69 Å². The minimum absolute atomic E-state index is 0. The molecular formula is C23H31IN4O3. The number of para-hydroxylation sites is 2. The average Bonchev–Trinajstić information content (AvgIpc) is 2.76. The Morgan fingerprint density at radius 1 is 1.23 bits per heavy atom. The lowest BCUT2D eigenvalue weighted by atomic mass is 10.1. The minimum atomic E-state index is -0.0148. The molecule has 168 valence electrons. The lowest BCUT2D eigenvalue weighted by Gasteiger charge is -2.29. The molecule has 1 aliphatic heterocycles. The zero-order chi connectivity index (χ0) is 21.3. The number of benzene rings is 2. The van der Waals surface area contributed by atoms with Gasteiger partial charge in [0.05, 0.1) is 12.3 Å². The highest BCUT2D eigenvalue weighted by Gasteiger charge is 2.24. The van der Waals surface area contributed by atoms with Gasteiger partial charge in [0.2, 0.25) is 0 Å². The van der Waals surface area contributed by atoms with Gasteiger partial charge in [-0.25, -0.2) is 0 Å². The van der Waals surface area contributed by atoms with E-state index in [1.807, 2.05) is 37.3 Å². The minimum Gasteiger partial charge on any atom is -0.494 e. The summed E-state index contributed by atoms with van der Waals surface area (Å²) >= 11 is 0. The van der Waals surface area contributed by atoms with Crippen molar-refractivity contribution in [2.45, 2.75) is 26.8 Å². The molecule has 0 atom stereocenters. The van der Waals surface area contributed by atoms with E-state index >= 15 is 0 Å². The Morgan fingerprint density at radius 3 is 2.81 bits per heavy atom. The molecule has 0 aliphatic carbocycles. The van der Waals surface area contributed by atoms with Gasteiger partial charge in [-0.2, -0.15) is 0 Å². The van der Waals surface area contributed by atoms with Crippen LogP contribution in [0.3, 0.4) is 0 Å². The van der Waals surface area contributed by atoms with E-state index in [-0.39, 0.29) is 36.5 Å². The third kappa shape index (κ3) is 6.75. The van der Waals surface area contributed by atoms with Crippen LogP contribution in [0, 0.1) is 6.92 Å². The van der Waals surface area contributed by atoms with Crippen molar-refractivity contribution < 1.29 is 14.3 Å². The molecule has 7 nitrogen and oxygen atoms in total. The molecule has 8 heteroatoms. The van der Waals surface area contributed by atoms with Gasteiger partial charge in [0.1, 0.15) is 11.5 Å². The molecule has 1 heterocycles. The van der Waals surface area contributed by atoms with Crippen LogP contribution in [0.15, 0.2) is 47.5 Å². The molecule has 0 unspecified atom stereocenters. The Labute approximate surface area is 201 Å². The molecule has 0 spiro atoms. The number of fused-ring (bicyclic) bond motifs is 1. The number of rotatable bonds is 8. The number of ether oxygens (including phenoxy) is 2. The largest absolute Gasteiger partial charge is 0.494 e. The highest BCUT2D eigenvalue weighted by atomic mass is 127. The van der Waals surface area contributed by atoms with Crippen molar-refractivity contribution in [1.29, 1.82) is 0 Å². The maximum absolute atomic E-state index is 12.2. The summed E-state index contributed by atoms with van der Waals surface area (Å²) < 4.78 is 11.2. The number of guanidine groups is 1. The molecule has 0 saturated carbocycles. The van der Waals surface area contributed by atoms with Gasteiger partial charge >= 0.3 is 0 Å². The number of nitrogens with zero attached hydrogens (tertiary/aromatic N) is 2. The Hall–Kier alpha value is -2.49. The number of aryl methyl sites for hydroxylation is 1. The molecule has 2 aromatic carbocycles. The maximum atomic E-state index is 12.2. The Kier molecular flexibility index (Phi) is 9.90. The van der Waals surface area contributed by atoms with E-state index in [1.165, 1.54) is 5.56 Å². The summed E-state index contributed by atoms with van der Waals surface area (Å²) in [4.78, 5) is 18.3. The smallest absolute Gasteiger partial charge is 0.265 e. The van der Waals surface area contributed by atoms with Crippen molar-refractivity contribution in [3.63, 3.8) is 0 Å². The molecule has 2 N–H and O–H groups in total. The van der Waals surface area contributed by atoms with Crippen LogP contribution in [0.25, 0.3) is 0 Å². The molecule has 2 aromatic rings. The molecule has 0 radical (unpaired) electrons. The van der Waals surface area contributed by atoms with E-state index in [0.717, 1.165) is 29.2 Å². The van der Waals surface area contributed by atoms with Gasteiger partial charge in [0, 0.05) is 32.2 Å². The summed E-state index contributed by atoms with van der Waals surface area (Å²) in [5, 5.41) is 6.63. The quantitative estimate of drug-likeness (QED) is 0.233. The second-order valence-electron chi connectivity index (χ2n) is 7.05. The summed E-state index contributed by atoms with van der Waals surface area (Å²) in [5.74, 6) is 2.35. The second-order valence-corrected chi connectivity index (χ2v) is 7.05. The van der Waals surface area contributed by atoms with Crippen LogP contribution in [-0.4, -0.2) is 45.2 Å². The van der Waals surface area contributed by atoms with Gasteiger partial charge in [0.15, 0.2) is 12.6 Å². The highest BCUT2D eigenvalue weighted by molar-refractivity contribution is 14.0. The molecule has 0 fully saturated rings. The lowest BCUT2D eigenvalue weighted by Crippen LogP contribution is -2.42. The SMILES string of the molecule is CCOc1cc(C)ccc1CNC(=NC)NCCCN1C(=O)COc2ccccc21.I. The van der Waals surface area contributed by atoms with Gasteiger partial charge in [-0.15, -0.1) is 24.0 Å². The molecule has 0 aromatic heterocycles. The first-order valence-corrected chi connectivity index (χ1v) is 10.3. The number of nitrogens with one attached hydrogen (secondary N) is 2. The Bertz CT molecular complexity index is 904. The standard InChI is InChI=1S/C23H30N4O3.HI/c1-4-29-21-14-17(2)10-11-18(21)15-26-23(24-3)25-12-7-13-27-19-8-5-6-9-20(19)30-16-22(27)28;/h5-6,8-11,14H,4,7,12-13,15-16H2,1-3H3,(H2,24,25,26);1H. The molecule has 1 aliphatic rings. The molecule has 0 saturated heterocycles. The first-order valence-electron chi connectivity index (χ1n) is 10.3. The monoisotopic (exact) mass is 538 g/mol. The van der Waals surface area contributed by atoms with Crippen LogP contribution in [0.2, 0.25) is 0 Å². The number of hydrogen-bond donors (Lipinski definition) is 2. The fraction of sp³-hybridized carbons (Fsp3) is 0.391. The van der Waals surface area contributed by atoms with Gasteiger partial charge in [0.25, 0.3) is 5.91 Å². The number of halogens is 1. The van der Waals surface area contributed by atoms with Crippen molar-refractivity contribution in [2.24, 2.45) is 4.99 Å². The molecule has 1 amide bonds. The molecule has 3 rings (SSSR count). The summed E-state index contributed by atoms with van der Waals surface area (Å²) in [7, 11) is 1.75. The first-order chi connectivity index (χ1) is 14.6. The van der Waals surface area contributed by atoms with Crippen molar-refractivity contribution >= 4 is 41.5 Å². The van der Waals surface area contributed by atoms with Crippen LogP contribution in [-0.2, 0) is 11.3 Å². The van der Waals surface area contributed by atoms with Crippen molar-refractivity contribution in [2.75, 3.05) is 38.3 Å². The van der Waals surface area contributed by atoms with Crippen LogP contribution >= 0.6 is 24.0 Å². The zero-order valence-electron chi connectivity index (χ0n) is 18.3. The van der Waals surface area contributed by atoms with Gasteiger partial charge < -0.3 is 25.0 Å². The van der Waals surface area contributed by atoms with Gasteiger partial charge in [-0.05, 0) is 44.0 Å². The fourth-order valence-electron chi connectivity index (χ4n) is 3.34. The topological polar surface area (TPSA) is 75.2 Å². The van der Waals surface area contributed by atoms with E-state index < -0.39 is 0 Å². The summed E-state index contributed by atoms with van der Waals surface area (Å²) in [6.07, 6.45) is 0.787. The predicted octanol–water partition coefficient (Wildman–Crippen LogP) is 3.49. The van der Waals surface area contributed by atoms with Crippen molar-refractivity contribution in [1.82, 2.24) is 10.6 Å². The Balaban J connectivity index is 0.00000341. The van der Waals surface area contributed by atoms with Crippen LogP contribution in [0.5, 0.6) is 11.5 Å². The molecule has 31 heavy (non-hydrogen) atoms. The maximum Gasteiger partial charge on any atom is 0.265 e. The predicted molar refractivity (Wildman–Crippen MR) is 135 cm³/mol. The number of amides is 1. The average molecular weight is 538 g/mol. The van der Waals surface area contributed by atoms with E-state index in [1.54, 1.807) is 11.9 Å². The number of aliphatic imine (C=N–C) groups is 1.